The van der Waals surface area contributed by atoms with Gasteiger partial charge < -0.3 is 0 Å². The van der Waals surface area contributed by atoms with Crippen LogP contribution in [0.25, 0.3) is 5.65 Å². The molecule has 2 aromatic heterocycles. The normalized spacial score (nSPS) is 11.7. The number of benzene rings is 1. The highest BCUT2D eigenvalue weighted by Crippen LogP contribution is 2.18. The van der Waals surface area contributed by atoms with Crippen LogP contribution >= 0.6 is 0 Å². The van der Waals surface area contributed by atoms with Crippen LogP contribution in [0, 0.1) is 13.8 Å². The maximum absolute atomic E-state index is 12.4. The minimum Gasteiger partial charge on any atom is -0.276 e. The fraction of sp³-hybridized carbons (Fsp3) is 0.143. The van der Waals surface area contributed by atoms with E-state index in [4.69, 9.17) is 0 Å². The van der Waals surface area contributed by atoms with Crippen LogP contribution in [0.5, 0.6) is 0 Å². The largest absolute Gasteiger partial charge is 0.276 e. The maximum atomic E-state index is 12.4. The molecule has 1 aromatic carbocycles. The Bertz CT molecular complexity index is 916. The molecule has 0 fully saturated rings. The van der Waals surface area contributed by atoms with Crippen LogP contribution < -0.4 is 4.72 Å². The Morgan fingerprint density at radius 3 is 2.71 bits per heavy atom. The van der Waals surface area contributed by atoms with Crippen LogP contribution in [0.4, 0.5) is 5.69 Å². The number of sulfonamides is 1. The molecule has 7 heteroatoms. The molecule has 0 unspecified atom stereocenters. The Morgan fingerprint density at radius 1 is 1.14 bits per heavy atom. The molecule has 3 aromatic rings. The van der Waals surface area contributed by atoms with Crippen molar-refractivity contribution < 1.29 is 8.42 Å². The van der Waals surface area contributed by atoms with Crippen LogP contribution in [0.1, 0.15) is 11.1 Å². The Kier molecular flexibility index (Phi) is 3.13. The highest BCUT2D eigenvalue weighted by atomic mass is 32.2. The second-order valence-corrected chi connectivity index (χ2v) is 6.51. The lowest BCUT2D eigenvalue weighted by molar-refractivity contribution is 0.601. The summed E-state index contributed by atoms with van der Waals surface area (Å²) in [5, 5.41) is 4.03. The zero-order valence-corrected chi connectivity index (χ0v) is 12.4. The predicted octanol–water partition coefficient (Wildman–Crippen LogP) is 2.15. The first kappa shape index (κ1) is 13.6. The first-order valence-electron chi connectivity index (χ1n) is 6.35. The average Bonchev–Trinajstić information content (AvgIpc) is 2.88. The zero-order valence-electron chi connectivity index (χ0n) is 11.6. The van der Waals surface area contributed by atoms with Crippen LogP contribution in [0.3, 0.4) is 0 Å². The van der Waals surface area contributed by atoms with Gasteiger partial charge in [-0.2, -0.15) is 5.10 Å². The minimum absolute atomic E-state index is 0.228. The third kappa shape index (κ3) is 2.59. The molecule has 108 valence electrons. The molecule has 6 nitrogen and oxygen atoms in total. The van der Waals surface area contributed by atoms with Gasteiger partial charge in [-0.25, -0.2) is 17.9 Å². The minimum atomic E-state index is -3.64. The summed E-state index contributed by atoms with van der Waals surface area (Å²) >= 11 is 0. The number of aryl methyl sites for hydroxylation is 2. The van der Waals surface area contributed by atoms with Crippen molar-refractivity contribution in [3.8, 4) is 0 Å². The molecule has 0 bridgehead atoms. The van der Waals surface area contributed by atoms with Crippen molar-refractivity contribution in [3.63, 3.8) is 0 Å². The summed E-state index contributed by atoms with van der Waals surface area (Å²) in [6.07, 6.45) is 4.65. The van der Waals surface area contributed by atoms with Gasteiger partial charge in [-0.05, 0) is 37.1 Å². The van der Waals surface area contributed by atoms with Gasteiger partial charge in [-0.15, -0.1) is 0 Å². The molecule has 0 aliphatic carbocycles. The Hall–Kier alpha value is -2.41. The van der Waals surface area contributed by atoms with E-state index >= 15 is 0 Å². The summed E-state index contributed by atoms with van der Waals surface area (Å²) < 4.78 is 28.8. The molecule has 0 radical (unpaired) electrons. The molecule has 1 N–H and O–H groups in total. The number of nitrogens with one attached hydrogen (secondary N) is 1. The van der Waals surface area contributed by atoms with Crippen molar-refractivity contribution in [1.29, 1.82) is 0 Å². The lowest BCUT2D eigenvalue weighted by Crippen LogP contribution is -2.14. The van der Waals surface area contributed by atoms with E-state index in [0.717, 1.165) is 11.1 Å². The molecule has 0 aliphatic rings. The predicted molar refractivity (Wildman–Crippen MR) is 79.7 cm³/mol. The third-order valence-electron chi connectivity index (χ3n) is 3.29. The van der Waals surface area contributed by atoms with E-state index in [1.165, 1.54) is 10.7 Å². The van der Waals surface area contributed by atoms with Crippen molar-refractivity contribution in [3.05, 3.63) is 54.0 Å². The van der Waals surface area contributed by atoms with Crippen LogP contribution in [0.2, 0.25) is 0 Å². The number of hydrogen-bond acceptors (Lipinski definition) is 4. The lowest BCUT2D eigenvalue weighted by atomic mass is 10.1. The Balaban J connectivity index is 1.96. The molecule has 0 amide bonds. The van der Waals surface area contributed by atoms with Gasteiger partial charge in [-0.3, -0.25) is 4.72 Å². The van der Waals surface area contributed by atoms with Gasteiger partial charge in [0.15, 0.2) is 5.65 Å². The number of anilines is 1. The standard InChI is InChI=1S/C14H14N4O2S/c1-10-3-4-13(7-11(10)2)21(19,20)17-12-8-15-14-5-6-16-18(14)9-12/h3-9,17H,1-2H3. The molecule has 21 heavy (non-hydrogen) atoms. The first-order valence-corrected chi connectivity index (χ1v) is 7.83. The fourth-order valence-electron chi connectivity index (χ4n) is 1.96. The van der Waals surface area contributed by atoms with E-state index in [9.17, 15) is 8.42 Å². The summed E-state index contributed by atoms with van der Waals surface area (Å²) in [5.74, 6) is 0. The number of hydrogen-bond donors (Lipinski definition) is 1. The number of nitrogens with zero attached hydrogens (tertiary/aromatic N) is 3. The van der Waals surface area contributed by atoms with E-state index in [-0.39, 0.29) is 4.90 Å². The quantitative estimate of drug-likeness (QED) is 0.804. The highest BCUT2D eigenvalue weighted by molar-refractivity contribution is 7.92. The van der Waals surface area contributed by atoms with E-state index in [1.807, 2.05) is 13.8 Å². The summed E-state index contributed by atoms with van der Waals surface area (Å²) in [6, 6.07) is 6.77. The molecule has 0 saturated heterocycles. The smallest absolute Gasteiger partial charge is 0.262 e. The fourth-order valence-corrected chi connectivity index (χ4v) is 3.07. The van der Waals surface area contributed by atoms with Gasteiger partial charge in [0.25, 0.3) is 10.0 Å². The summed E-state index contributed by atoms with van der Waals surface area (Å²) in [6.45, 7) is 3.82. The maximum Gasteiger partial charge on any atom is 0.262 e. The van der Waals surface area contributed by atoms with Gasteiger partial charge in [0, 0.05) is 6.07 Å². The number of fused-ring (bicyclic) bond motifs is 1. The second kappa shape index (κ2) is 4.85. The van der Waals surface area contributed by atoms with Crippen LogP contribution in [-0.2, 0) is 10.0 Å². The van der Waals surface area contributed by atoms with Gasteiger partial charge in [0.1, 0.15) is 0 Å². The summed E-state index contributed by atoms with van der Waals surface area (Å²) in [5.41, 5.74) is 3.00. The molecule has 2 heterocycles. The summed E-state index contributed by atoms with van der Waals surface area (Å²) in [7, 11) is -3.64. The van der Waals surface area contributed by atoms with Gasteiger partial charge in [-0.1, -0.05) is 6.07 Å². The van der Waals surface area contributed by atoms with E-state index in [2.05, 4.69) is 14.8 Å². The van der Waals surface area contributed by atoms with Gasteiger partial charge in [0.2, 0.25) is 0 Å². The molecule has 3 rings (SSSR count). The molecular weight excluding hydrogens is 288 g/mol. The topological polar surface area (TPSA) is 76.4 Å². The molecule has 0 spiro atoms. The average molecular weight is 302 g/mol. The van der Waals surface area contributed by atoms with Gasteiger partial charge in [0.05, 0.1) is 29.2 Å². The number of rotatable bonds is 3. The Labute approximate surface area is 122 Å². The van der Waals surface area contributed by atoms with E-state index in [1.54, 1.807) is 36.7 Å². The zero-order chi connectivity index (χ0) is 15.0. The lowest BCUT2D eigenvalue weighted by Gasteiger charge is -2.09. The molecule has 0 aliphatic heterocycles. The molecular formula is C14H14N4O2S. The Morgan fingerprint density at radius 2 is 1.95 bits per heavy atom. The van der Waals surface area contributed by atoms with Crippen molar-refractivity contribution in [2.45, 2.75) is 18.7 Å². The van der Waals surface area contributed by atoms with Crippen LogP contribution in [-0.4, -0.2) is 23.0 Å². The SMILES string of the molecule is Cc1ccc(S(=O)(=O)Nc2cnc3ccnn3c2)cc1C. The second-order valence-electron chi connectivity index (χ2n) is 4.83. The van der Waals surface area contributed by atoms with Crippen molar-refractivity contribution in [2.75, 3.05) is 4.72 Å². The third-order valence-corrected chi connectivity index (χ3v) is 4.67. The van der Waals surface area contributed by atoms with Crippen molar-refractivity contribution >= 4 is 21.4 Å². The van der Waals surface area contributed by atoms with E-state index in [0.29, 0.717) is 11.3 Å². The first-order chi connectivity index (χ1) is 9.95. The molecule has 0 saturated carbocycles. The number of aromatic nitrogens is 3. The summed E-state index contributed by atoms with van der Waals surface area (Å²) in [4.78, 5) is 4.35. The van der Waals surface area contributed by atoms with Crippen molar-refractivity contribution in [1.82, 2.24) is 14.6 Å². The van der Waals surface area contributed by atoms with Gasteiger partial charge >= 0.3 is 0 Å². The highest BCUT2D eigenvalue weighted by Gasteiger charge is 2.15. The molecule has 0 atom stereocenters. The van der Waals surface area contributed by atoms with Crippen molar-refractivity contribution in [2.24, 2.45) is 0 Å². The van der Waals surface area contributed by atoms with Crippen LogP contribution in [0.15, 0.2) is 47.8 Å². The van der Waals surface area contributed by atoms with E-state index < -0.39 is 10.0 Å². The monoisotopic (exact) mass is 302 g/mol.